The molecule has 0 amide bonds. The van der Waals surface area contributed by atoms with Crippen LogP contribution in [-0.2, 0) is 19.4 Å². The molecule has 1 saturated heterocycles. The number of fused-ring (bicyclic) bond motifs is 1. The zero-order valence-corrected chi connectivity index (χ0v) is 21.8. The summed E-state index contributed by atoms with van der Waals surface area (Å²) in [6, 6.07) is 8.97. The van der Waals surface area contributed by atoms with Crippen LogP contribution in [0.4, 0.5) is 16.0 Å². The summed E-state index contributed by atoms with van der Waals surface area (Å²) in [5, 5.41) is 9.32. The van der Waals surface area contributed by atoms with Gasteiger partial charge >= 0.3 is 0 Å². The molecular weight excluding hydrogens is 467 g/mol. The van der Waals surface area contributed by atoms with Crippen LogP contribution in [0.2, 0.25) is 0 Å². The van der Waals surface area contributed by atoms with Crippen LogP contribution < -0.4 is 11.5 Å². The van der Waals surface area contributed by atoms with Gasteiger partial charge in [-0.15, -0.1) is 0 Å². The number of hydrogen-bond acceptors (Lipinski definition) is 6. The number of piperidine rings is 1. The van der Waals surface area contributed by atoms with Crippen LogP contribution >= 0.6 is 0 Å². The molecule has 0 atom stereocenters. The van der Waals surface area contributed by atoms with Gasteiger partial charge in [-0.2, -0.15) is 10.2 Å². The van der Waals surface area contributed by atoms with Crippen LogP contribution in [0.5, 0.6) is 0 Å². The van der Waals surface area contributed by atoms with Gasteiger partial charge in [0, 0.05) is 22.7 Å². The minimum atomic E-state index is -0.260. The lowest BCUT2D eigenvalue weighted by Crippen LogP contribution is -2.29. The van der Waals surface area contributed by atoms with E-state index in [1.807, 2.05) is 10.6 Å². The van der Waals surface area contributed by atoms with E-state index in [-0.39, 0.29) is 12.4 Å². The van der Waals surface area contributed by atoms with E-state index >= 15 is 0 Å². The molecule has 4 aromatic rings. The van der Waals surface area contributed by atoms with Gasteiger partial charge in [-0.25, -0.2) is 18.6 Å². The normalized spacial score (nSPS) is 15.6. The second-order valence-corrected chi connectivity index (χ2v) is 10.1. The Morgan fingerprint density at radius 1 is 1.16 bits per heavy atom. The molecule has 9 heteroatoms. The third kappa shape index (κ3) is 4.96. The van der Waals surface area contributed by atoms with E-state index < -0.39 is 0 Å². The smallest absolute Gasteiger partial charge is 0.151 e. The molecule has 37 heavy (non-hydrogen) atoms. The summed E-state index contributed by atoms with van der Waals surface area (Å²) in [6.07, 6.45) is 7.23. The average molecular weight is 503 g/mol. The minimum absolute atomic E-state index is 0.260. The van der Waals surface area contributed by atoms with Gasteiger partial charge in [0.2, 0.25) is 0 Å². The van der Waals surface area contributed by atoms with Crippen molar-refractivity contribution < 1.29 is 4.39 Å². The molecule has 0 aliphatic carbocycles. The Bertz CT molecular complexity index is 1440. The third-order valence-electron chi connectivity index (χ3n) is 7.43. The van der Waals surface area contributed by atoms with Crippen molar-refractivity contribution in [2.45, 2.75) is 52.0 Å². The summed E-state index contributed by atoms with van der Waals surface area (Å²) in [4.78, 5) is 6.64. The molecule has 5 rings (SSSR count). The molecule has 0 bridgehead atoms. The first-order chi connectivity index (χ1) is 17.9. The highest BCUT2D eigenvalue weighted by Gasteiger charge is 2.24. The number of halogens is 1. The molecule has 3 aromatic heterocycles. The number of nitrogens with two attached hydrogens (primary N) is 2. The molecule has 0 unspecified atom stereocenters. The zero-order chi connectivity index (χ0) is 26.1. The van der Waals surface area contributed by atoms with Crippen molar-refractivity contribution >= 4 is 23.2 Å². The quantitative estimate of drug-likeness (QED) is 0.391. The molecule has 0 spiro atoms. The second kappa shape index (κ2) is 10.3. The number of allylic oxidation sites excluding steroid dienone is 1. The standard InChI is InChI=1S/C28H35FN8/c1-4-22-24(34-36(28(22)31)16-20-7-5-6-8-23(20)29)14-18(2)13-21-15-25(19-9-11-35(3)12-10-19)37-26(21)27(30)32-17-33-37/h5-8,14-15,17,19H,4,9-13,16,31H2,1-3H3,(H2,30,32,33)/b18-14+. The number of rotatable bonds is 7. The van der Waals surface area contributed by atoms with Crippen LogP contribution in [0.15, 0.2) is 42.2 Å². The molecule has 0 radical (unpaired) electrons. The predicted octanol–water partition coefficient (Wildman–Crippen LogP) is 4.30. The van der Waals surface area contributed by atoms with Crippen molar-refractivity contribution in [2.75, 3.05) is 31.6 Å². The second-order valence-electron chi connectivity index (χ2n) is 10.1. The van der Waals surface area contributed by atoms with Gasteiger partial charge in [0.05, 0.1) is 12.2 Å². The molecule has 4 heterocycles. The molecule has 8 nitrogen and oxygen atoms in total. The van der Waals surface area contributed by atoms with Crippen LogP contribution in [0.3, 0.4) is 0 Å². The van der Waals surface area contributed by atoms with Crippen LogP contribution in [0, 0.1) is 5.82 Å². The lowest BCUT2D eigenvalue weighted by molar-refractivity contribution is 0.252. The molecule has 1 fully saturated rings. The summed E-state index contributed by atoms with van der Waals surface area (Å²) in [5.74, 6) is 1.24. The average Bonchev–Trinajstić information content (AvgIpc) is 3.38. The highest BCUT2D eigenvalue weighted by atomic mass is 19.1. The predicted molar refractivity (Wildman–Crippen MR) is 146 cm³/mol. The fourth-order valence-electron chi connectivity index (χ4n) is 5.40. The number of hydrogen-bond donors (Lipinski definition) is 2. The Morgan fingerprint density at radius 3 is 2.65 bits per heavy atom. The Kier molecular flexibility index (Phi) is 6.97. The van der Waals surface area contributed by atoms with E-state index in [2.05, 4.69) is 48.0 Å². The van der Waals surface area contributed by atoms with Crippen LogP contribution in [-0.4, -0.2) is 49.4 Å². The van der Waals surface area contributed by atoms with Gasteiger partial charge in [-0.3, -0.25) is 0 Å². The number of likely N-dealkylation sites (tertiary alicyclic amines) is 1. The third-order valence-corrected chi connectivity index (χ3v) is 7.43. The maximum atomic E-state index is 14.2. The first kappa shape index (κ1) is 25.0. The van der Waals surface area contributed by atoms with E-state index in [4.69, 9.17) is 16.6 Å². The summed E-state index contributed by atoms with van der Waals surface area (Å²) >= 11 is 0. The van der Waals surface area contributed by atoms with E-state index in [1.54, 1.807) is 16.8 Å². The van der Waals surface area contributed by atoms with Crippen molar-refractivity contribution in [3.05, 3.63) is 76.1 Å². The van der Waals surface area contributed by atoms with Crippen molar-refractivity contribution in [3.63, 3.8) is 0 Å². The summed E-state index contributed by atoms with van der Waals surface area (Å²) in [7, 11) is 2.17. The van der Waals surface area contributed by atoms with Gasteiger partial charge in [0.1, 0.15) is 23.5 Å². The van der Waals surface area contributed by atoms with Crippen LogP contribution in [0.25, 0.3) is 11.6 Å². The fraction of sp³-hybridized carbons (Fsp3) is 0.393. The van der Waals surface area contributed by atoms with Gasteiger partial charge < -0.3 is 16.4 Å². The van der Waals surface area contributed by atoms with E-state index in [0.29, 0.717) is 29.5 Å². The molecule has 1 aromatic carbocycles. The van der Waals surface area contributed by atoms with Crippen molar-refractivity contribution in [2.24, 2.45) is 0 Å². The van der Waals surface area contributed by atoms with Gasteiger partial charge in [0.25, 0.3) is 0 Å². The highest BCUT2D eigenvalue weighted by Crippen LogP contribution is 2.33. The topological polar surface area (TPSA) is 103 Å². The van der Waals surface area contributed by atoms with Crippen molar-refractivity contribution in [1.82, 2.24) is 29.3 Å². The number of nitrogen functional groups attached to an aromatic ring is 2. The van der Waals surface area contributed by atoms with E-state index in [0.717, 1.165) is 60.3 Å². The monoisotopic (exact) mass is 502 g/mol. The minimum Gasteiger partial charge on any atom is -0.384 e. The largest absolute Gasteiger partial charge is 0.384 e. The van der Waals surface area contributed by atoms with Crippen molar-refractivity contribution in [3.8, 4) is 0 Å². The molecular formula is C28H35FN8. The number of anilines is 2. The number of nitrogens with zero attached hydrogens (tertiary/aromatic N) is 6. The Morgan fingerprint density at radius 2 is 1.92 bits per heavy atom. The highest BCUT2D eigenvalue weighted by molar-refractivity contribution is 5.72. The first-order valence-electron chi connectivity index (χ1n) is 12.9. The maximum absolute atomic E-state index is 14.2. The molecule has 1 aliphatic heterocycles. The van der Waals surface area contributed by atoms with Crippen LogP contribution in [0.1, 0.15) is 60.7 Å². The van der Waals surface area contributed by atoms with Gasteiger partial charge in [0.15, 0.2) is 5.82 Å². The number of aromatic nitrogens is 5. The van der Waals surface area contributed by atoms with Crippen molar-refractivity contribution in [1.29, 1.82) is 0 Å². The maximum Gasteiger partial charge on any atom is 0.151 e. The Hall–Kier alpha value is -3.72. The lowest BCUT2D eigenvalue weighted by Gasteiger charge is -2.28. The lowest BCUT2D eigenvalue weighted by atomic mass is 9.93. The molecule has 194 valence electrons. The Labute approximate surface area is 216 Å². The van der Waals surface area contributed by atoms with E-state index in [9.17, 15) is 4.39 Å². The summed E-state index contributed by atoms with van der Waals surface area (Å²) in [6.45, 7) is 6.58. The first-order valence-corrected chi connectivity index (χ1v) is 12.9. The summed E-state index contributed by atoms with van der Waals surface area (Å²) in [5.41, 5.74) is 19.4. The van der Waals surface area contributed by atoms with E-state index in [1.165, 1.54) is 18.1 Å². The number of benzene rings is 1. The molecule has 0 saturated carbocycles. The Balaban J connectivity index is 1.46. The SMILES string of the molecule is CCc1c(/C=C(\C)Cc2cc(C3CCN(C)CC3)n3ncnc(N)c23)nn(Cc2ccccc2F)c1N. The zero-order valence-electron chi connectivity index (χ0n) is 21.8. The van der Waals surface area contributed by atoms with Gasteiger partial charge in [-0.1, -0.05) is 30.7 Å². The molecule has 1 aliphatic rings. The van der Waals surface area contributed by atoms with Gasteiger partial charge in [-0.05, 0) is 76.5 Å². The fourth-order valence-corrected chi connectivity index (χ4v) is 5.40. The summed E-state index contributed by atoms with van der Waals surface area (Å²) < 4.78 is 17.9. The molecule has 4 N–H and O–H groups in total.